The van der Waals surface area contributed by atoms with Crippen LogP contribution in [0.2, 0.25) is 0 Å². The van der Waals surface area contributed by atoms with E-state index >= 15 is 0 Å². The Hall–Kier alpha value is -4.37. The molecule has 3 N–H and O–H groups in total. The minimum absolute atomic E-state index is 0.0279. The normalized spacial score (nSPS) is 18.4. The number of carbonyl (C=O) groups is 3. The van der Waals surface area contributed by atoms with Gasteiger partial charge in [0, 0.05) is 43.4 Å². The number of aliphatic hydroxyl groups is 1. The standard InChI is InChI=1S/C42H54N6O6S2/c1-27(29-10-12-31(13-11-29)37-28(2)43-26-56-37)44-39(51)35-23-32(49)24-48(35)40(52)38(42(3,4)5)46-36(50)9-7-6-8-20-54-33-16-14-30(15-17-33)34-25-55-41(45-34)47-18-21-53-22-19-47/h10-17,25-27,32,35,38,49H,6-9,18-24H2,1-5H3,(H,44,51)(H,46,50)/t27-,32+,35-,38+/m0/s1. The number of anilines is 1. The molecule has 6 rings (SSSR count). The average molecular weight is 803 g/mol. The first-order valence-electron chi connectivity index (χ1n) is 19.5. The highest BCUT2D eigenvalue weighted by Crippen LogP contribution is 2.31. The first-order chi connectivity index (χ1) is 26.9. The third-order valence-corrected chi connectivity index (χ3v) is 12.2. The van der Waals surface area contributed by atoms with Gasteiger partial charge in [0.25, 0.3) is 0 Å². The zero-order valence-corrected chi connectivity index (χ0v) is 34.6. The summed E-state index contributed by atoms with van der Waals surface area (Å²) in [5, 5.41) is 19.7. The number of aromatic nitrogens is 2. The van der Waals surface area contributed by atoms with Gasteiger partial charge in [0.1, 0.15) is 17.8 Å². The number of ether oxygens (including phenoxy) is 2. The van der Waals surface area contributed by atoms with E-state index in [0.717, 1.165) is 83.0 Å². The summed E-state index contributed by atoms with van der Waals surface area (Å²) < 4.78 is 11.4. The van der Waals surface area contributed by atoms with Crippen molar-refractivity contribution in [3.63, 3.8) is 0 Å². The van der Waals surface area contributed by atoms with Crippen molar-refractivity contribution in [2.75, 3.05) is 44.4 Å². The van der Waals surface area contributed by atoms with Crippen LogP contribution < -0.4 is 20.3 Å². The van der Waals surface area contributed by atoms with Gasteiger partial charge in [-0.1, -0.05) is 45.0 Å². The molecule has 2 aliphatic rings. The number of likely N-dealkylation sites (tertiary alicyclic amines) is 1. The van der Waals surface area contributed by atoms with Crippen LogP contribution in [0.25, 0.3) is 21.7 Å². The van der Waals surface area contributed by atoms with Crippen LogP contribution in [0.4, 0.5) is 5.13 Å². The van der Waals surface area contributed by atoms with Gasteiger partial charge >= 0.3 is 0 Å². The Morgan fingerprint density at radius 3 is 2.38 bits per heavy atom. The van der Waals surface area contributed by atoms with E-state index in [1.165, 1.54) is 4.90 Å². The van der Waals surface area contributed by atoms with Crippen molar-refractivity contribution < 1.29 is 29.0 Å². The zero-order valence-electron chi connectivity index (χ0n) is 33.0. The predicted octanol–water partition coefficient (Wildman–Crippen LogP) is 6.39. The Bertz CT molecular complexity index is 1920. The number of β-amino-alcohol motifs (C(OH)–C–C–N with tert-alkyl or cyclic N) is 1. The van der Waals surface area contributed by atoms with Crippen LogP contribution in [0.5, 0.6) is 5.75 Å². The molecule has 0 bridgehead atoms. The summed E-state index contributed by atoms with van der Waals surface area (Å²) in [4.78, 5) is 54.7. The number of nitrogens with one attached hydrogen (secondary N) is 2. The van der Waals surface area contributed by atoms with Gasteiger partial charge in [0.2, 0.25) is 17.7 Å². The lowest BCUT2D eigenvalue weighted by Gasteiger charge is -2.35. The Morgan fingerprint density at radius 1 is 0.982 bits per heavy atom. The maximum Gasteiger partial charge on any atom is 0.246 e. The minimum atomic E-state index is -0.864. The molecule has 3 amide bonds. The van der Waals surface area contributed by atoms with Crippen LogP contribution in [0, 0.1) is 12.3 Å². The maximum atomic E-state index is 14.0. The van der Waals surface area contributed by atoms with E-state index in [0.29, 0.717) is 13.0 Å². The molecule has 56 heavy (non-hydrogen) atoms. The highest BCUT2D eigenvalue weighted by Gasteiger charge is 2.44. The SMILES string of the molecule is Cc1ncsc1-c1ccc([C@H](C)NC(=O)[C@@H]2C[C@@H](O)CN2C(=O)[C@@H](NC(=O)CCCCCOc2ccc(-c3csc(N4CCOCC4)n3)cc2)C(C)(C)C)cc1. The second-order valence-corrected chi connectivity index (χ2v) is 17.4. The molecule has 4 aromatic rings. The molecule has 14 heteroatoms. The van der Waals surface area contributed by atoms with Crippen LogP contribution in [-0.2, 0) is 19.1 Å². The van der Waals surface area contributed by atoms with Gasteiger partial charge in [-0.15, -0.1) is 22.7 Å². The molecule has 0 radical (unpaired) electrons. The fraction of sp³-hybridized carbons (Fsp3) is 0.500. The molecule has 0 saturated carbocycles. The fourth-order valence-electron chi connectivity index (χ4n) is 7.02. The van der Waals surface area contributed by atoms with Crippen LogP contribution >= 0.6 is 22.7 Å². The van der Waals surface area contributed by atoms with Crippen molar-refractivity contribution in [1.82, 2.24) is 25.5 Å². The van der Waals surface area contributed by atoms with E-state index < -0.39 is 23.6 Å². The molecule has 2 fully saturated rings. The van der Waals surface area contributed by atoms with Crippen molar-refractivity contribution in [3.8, 4) is 27.4 Å². The van der Waals surface area contributed by atoms with E-state index in [-0.39, 0.29) is 43.1 Å². The van der Waals surface area contributed by atoms with Gasteiger partial charge in [-0.3, -0.25) is 14.4 Å². The number of aryl methyl sites for hydroxylation is 1. The number of amides is 3. The highest BCUT2D eigenvalue weighted by atomic mass is 32.1. The second-order valence-electron chi connectivity index (χ2n) is 15.7. The molecular formula is C42H54N6O6S2. The van der Waals surface area contributed by atoms with Crippen LogP contribution in [0.15, 0.2) is 59.4 Å². The van der Waals surface area contributed by atoms with Crippen LogP contribution in [-0.4, -0.2) is 95.3 Å². The van der Waals surface area contributed by atoms with Gasteiger partial charge in [-0.2, -0.15) is 0 Å². The molecule has 4 heterocycles. The zero-order chi connectivity index (χ0) is 39.8. The fourth-order valence-corrected chi connectivity index (χ4v) is 8.72. The molecular weight excluding hydrogens is 749 g/mol. The highest BCUT2D eigenvalue weighted by molar-refractivity contribution is 7.14. The Kier molecular flexibility index (Phi) is 13.8. The van der Waals surface area contributed by atoms with Crippen molar-refractivity contribution >= 4 is 45.5 Å². The van der Waals surface area contributed by atoms with Crippen molar-refractivity contribution in [2.45, 2.75) is 91.0 Å². The van der Waals surface area contributed by atoms with Gasteiger partial charge in [-0.05, 0) is 73.9 Å². The van der Waals surface area contributed by atoms with Crippen molar-refractivity contribution in [1.29, 1.82) is 0 Å². The molecule has 2 aromatic carbocycles. The molecule has 2 saturated heterocycles. The van der Waals surface area contributed by atoms with E-state index in [1.54, 1.807) is 22.7 Å². The largest absolute Gasteiger partial charge is 0.494 e. The summed E-state index contributed by atoms with van der Waals surface area (Å²) in [6.07, 6.45) is 1.77. The lowest BCUT2D eigenvalue weighted by molar-refractivity contribution is -0.144. The number of nitrogens with zero attached hydrogens (tertiary/aromatic N) is 4. The summed E-state index contributed by atoms with van der Waals surface area (Å²) in [5.74, 6) is -0.141. The van der Waals surface area contributed by atoms with Gasteiger partial charge in [0.15, 0.2) is 5.13 Å². The topological polar surface area (TPSA) is 146 Å². The molecule has 0 spiro atoms. The summed E-state index contributed by atoms with van der Waals surface area (Å²) in [6.45, 7) is 13.3. The van der Waals surface area contributed by atoms with E-state index in [9.17, 15) is 19.5 Å². The van der Waals surface area contributed by atoms with E-state index in [2.05, 4.69) is 25.9 Å². The molecule has 0 aliphatic carbocycles. The predicted molar refractivity (Wildman–Crippen MR) is 221 cm³/mol. The van der Waals surface area contributed by atoms with Crippen molar-refractivity contribution in [3.05, 3.63) is 70.7 Å². The molecule has 300 valence electrons. The quantitative estimate of drug-likeness (QED) is 0.117. The smallest absolute Gasteiger partial charge is 0.246 e. The Labute approximate surface area is 337 Å². The lowest BCUT2D eigenvalue weighted by Crippen LogP contribution is -2.57. The van der Waals surface area contributed by atoms with Gasteiger partial charge in [0.05, 0.1) is 53.7 Å². The first-order valence-corrected chi connectivity index (χ1v) is 21.2. The summed E-state index contributed by atoms with van der Waals surface area (Å²) in [7, 11) is 0. The average Bonchev–Trinajstić information content (AvgIpc) is 3.95. The third kappa shape index (κ3) is 10.5. The van der Waals surface area contributed by atoms with Gasteiger partial charge < -0.3 is 35.0 Å². The number of hydrogen-bond donors (Lipinski definition) is 3. The third-order valence-electron chi connectivity index (χ3n) is 10.3. The number of rotatable bonds is 15. The summed E-state index contributed by atoms with van der Waals surface area (Å²) in [6, 6.07) is 13.9. The lowest BCUT2D eigenvalue weighted by atomic mass is 9.85. The number of unbranched alkanes of at least 4 members (excludes halogenated alkanes) is 2. The second kappa shape index (κ2) is 18.7. The van der Waals surface area contributed by atoms with Crippen molar-refractivity contribution in [2.24, 2.45) is 5.41 Å². The van der Waals surface area contributed by atoms with Gasteiger partial charge in [-0.25, -0.2) is 9.97 Å². The Morgan fingerprint density at radius 2 is 1.70 bits per heavy atom. The first kappa shape index (κ1) is 41.3. The molecule has 4 atom stereocenters. The number of aliphatic hydroxyl groups excluding tert-OH is 1. The van der Waals surface area contributed by atoms with E-state index in [1.807, 2.05) is 88.7 Å². The summed E-state index contributed by atoms with van der Waals surface area (Å²) >= 11 is 3.23. The minimum Gasteiger partial charge on any atom is -0.494 e. The van der Waals surface area contributed by atoms with E-state index in [4.69, 9.17) is 14.5 Å². The molecule has 2 aliphatic heterocycles. The number of carbonyl (C=O) groups excluding carboxylic acids is 3. The van der Waals surface area contributed by atoms with Crippen LogP contribution in [0.3, 0.4) is 0 Å². The molecule has 2 aromatic heterocycles. The number of thiazole rings is 2. The monoisotopic (exact) mass is 802 g/mol. The summed E-state index contributed by atoms with van der Waals surface area (Å²) in [5.41, 5.74) is 6.16. The number of morpholine rings is 1. The number of hydrogen-bond acceptors (Lipinski definition) is 11. The number of benzene rings is 2. The molecule has 12 nitrogen and oxygen atoms in total. The Balaban J connectivity index is 0.941. The maximum absolute atomic E-state index is 14.0. The van der Waals surface area contributed by atoms with Crippen LogP contribution in [0.1, 0.15) is 77.1 Å². The molecule has 0 unspecified atom stereocenters.